The van der Waals surface area contributed by atoms with Crippen molar-refractivity contribution in [3.05, 3.63) is 0 Å². The van der Waals surface area contributed by atoms with Crippen molar-refractivity contribution >= 4 is 70.7 Å². The fourth-order valence-electron chi connectivity index (χ4n) is 2.69. The van der Waals surface area contributed by atoms with Crippen LogP contribution < -0.4 is 5.32 Å². The minimum atomic E-state index is -3.67. The largest absolute Gasteiger partial charge is 0.331 e. The third kappa shape index (κ3) is 6.70. The Bertz CT molecular complexity index is 612. The number of hydrogen-bond donors (Lipinski definition) is 1. The van der Waals surface area contributed by atoms with Crippen LogP contribution in [-0.2, 0) is 14.2 Å². The molecule has 0 aromatic rings. The molecule has 1 unspecified atom stereocenters. The monoisotopic (exact) mass is 479 g/mol. The molecule has 1 rings (SSSR count). The number of rotatable bonds is 6. The summed E-state index contributed by atoms with van der Waals surface area (Å²) in [5, 5.41) is 1.90. The molecular weight excluding hydrogens is 456 g/mol. The van der Waals surface area contributed by atoms with Gasteiger partial charge in [0.15, 0.2) is 0 Å². The van der Waals surface area contributed by atoms with Gasteiger partial charge in [0.05, 0.1) is 0 Å². The number of halogens is 3. The molecule has 0 bridgehead atoms. The van der Waals surface area contributed by atoms with E-state index in [-0.39, 0.29) is 11.8 Å². The van der Waals surface area contributed by atoms with Crippen LogP contribution in [0.15, 0.2) is 0 Å². The molecule has 1 saturated carbocycles. The molecule has 1 aliphatic carbocycles. The van der Waals surface area contributed by atoms with Crippen LogP contribution in [0.4, 0.5) is 4.79 Å². The van der Waals surface area contributed by atoms with Crippen LogP contribution in [0.3, 0.4) is 0 Å². The van der Waals surface area contributed by atoms with Gasteiger partial charge in [0.25, 0.3) is 9.70 Å². The lowest BCUT2D eigenvalue weighted by Crippen LogP contribution is -2.46. The summed E-state index contributed by atoms with van der Waals surface area (Å²) in [6.07, 6.45) is 5.15. The lowest BCUT2D eigenvalue weighted by Gasteiger charge is -2.36. The van der Waals surface area contributed by atoms with Gasteiger partial charge in [-0.2, -0.15) is 0 Å². The SMILES string of the molecule is CCCSP(=O)(N(C)C(=O)NC(=O)C(Cl)(Cl)Cl)N(C)C(=O)C1CCCCC1. The zero-order valence-corrected chi connectivity index (χ0v) is 19.5. The number of imide groups is 1. The summed E-state index contributed by atoms with van der Waals surface area (Å²) in [4.78, 5) is 37.0. The van der Waals surface area contributed by atoms with Crippen LogP contribution in [0.1, 0.15) is 45.4 Å². The fourth-order valence-corrected chi connectivity index (χ4v) is 7.45. The minimum Gasteiger partial charge on any atom is -0.274 e. The summed E-state index contributed by atoms with van der Waals surface area (Å²) < 4.78 is 13.3. The summed E-state index contributed by atoms with van der Waals surface area (Å²) in [5.74, 6) is -1.15. The highest BCUT2D eigenvalue weighted by Crippen LogP contribution is 2.63. The molecule has 1 N–H and O–H groups in total. The Hall–Kier alpha value is -0.140. The maximum absolute atomic E-state index is 13.7. The van der Waals surface area contributed by atoms with Gasteiger partial charge in [0, 0.05) is 25.8 Å². The molecule has 1 aliphatic rings. The third-order valence-electron chi connectivity index (χ3n) is 4.27. The topological polar surface area (TPSA) is 86.8 Å². The van der Waals surface area contributed by atoms with E-state index in [1.807, 2.05) is 12.2 Å². The molecular formula is C15H25Cl3N3O4PS. The van der Waals surface area contributed by atoms with Crippen molar-refractivity contribution in [1.29, 1.82) is 0 Å². The molecule has 7 nitrogen and oxygen atoms in total. The molecule has 0 spiro atoms. The van der Waals surface area contributed by atoms with E-state index in [9.17, 15) is 18.9 Å². The van der Waals surface area contributed by atoms with Gasteiger partial charge in [0.2, 0.25) is 5.91 Å². The molecule has 156 valence electrons. The van der Waals surface area contributed by atoms with E-state index in [0.29, 0.717) is 12.2 Å². The van der Waals surface area contributed by atoms with Crippen molar-refractivity contribution in [3.8, 4) is 0 Å². The van der Waals surface area contributed by atoms with Crippen LogP contribution >= 0.6 is 52.8 Å². The molecule has 27 heavy (non-hydrogen) atoms. The first-order chi connectivity index (χ1) is 12.4. The number of hydrogen-bond acceptors (Lipinski definition) is 5. The maximum Gasteiger partial charge on any atom is 0.331 e. The second-order valence-electron chi connectivity index (χ2n) is 6.30. The number of nitrogens with one attached hydrogen (secondary N) is 1. The van der Waals surface area contributed by atoms with Crippen molar-refractivity contribution < 1.29 is 18.9 Å². The minimum absolute atomic E-state index is 0.210. The Kier molecular flexibility index (Phi) is 9.76. The summed E-state index contributed by atoms with van der Waals surface area (Å²) in [6.45, 7) is -1.77. The first-order valence-corrected chi connectivity index (χ1v) is 13.0. The third-order valence-corrected chi connectivity index (χ3v) is 10.6. The predicted molar refractivity (Wildman–Crippen MR) is 111 cm³/mol. The molecule has 0 aromatic heterocycles. The van der Waals surface area contributed by atoms with E-state index < -0.39 is 22.4 Å². The van der Waals surface area contributed by atoms with E-state index in [1.54, 1.807) is 0 Å². The zero-order valence-electron chi connectivity index (χ0n) is 15.5. The molecule has 0 aromatic carbocycles. The Labute approximate surface area is 179 Å². The second-order valence-corrected chi connectivity index (χ2v) is 13.6. The molecule has 0 radical (unpaired) electrons. The van der Waals surface area contributed by atoms with E-state index >= 15 is 0 Å². The molecule has 1 atom stereocenters. The van der Waals surface area contributed by atoms with Crippen LogP contribution in [-0.4, -0.2) is 50.8 Å². The quantitative estimate of drug-likeness (QED) is 0.435. The van der Waals surface area contributed by atoms with Crippen LogP contribution in [0.2, 0.25) is 0 Å². The van der Waals surface area contributed by atoms with Gasteiger partial charge < -0.3 is 0 Å². The van der Waals surface area contributed by atoms with Gasteiger partial charge >= 0.3 is 12.7 Å². The number of nitrogens with zero attached hydrogens (tertiary/aromatic N) is 2. The Balaban J connectivity index is 3.02. The number of alkyl halides is 3. The Morgan fingerprint density at radius 1 is 1.11 bits per heavy atom. The van der Waals surface area contributed by atoms with E-state index in [4.69, 9.17) is 34.8 Å². The predicted octanol–water partition coefficient (Wildman–Crippen LogP) is 4.81. The fraction of sp³-hybridized carbons (Fsp3) is 0.800. The lowest BCUT2D eigenvalue weighted by atomic mass is 9.89. The summed E-state index contributed by atoms with van der Waals surface area (Å²) >= 11 is 17.4. The first-order valence-electron chi connectivity index (χ1n) is 8.64. The van der Waals surface area contributed by atoms with Crippen molar-refractivity contribution in [2.75, 3.05) is 19.8 Å². The zero-order chi connectivity index (χ0) is 20.8. The summed E-state index contributed by atoms with van der Waals surface area (Å²) in [5.41, 5.74) is 0. The van der Waals surface area contributed by atoms with Gasteiger partial charge in [0.1, 0.15) is 0 Å². The van der Waals surface area contributed by atoms with Crippen molar-refractivity contribution in [3.63, 3.8) is 0 Å². The number of urea groups is 1. The van der Waals surface area contributed by atoms with Gasteiger partial charge in [-0.05, 0) is 19.3 Å². The van der Waals surface area contributed by atoms with Gasteiger partial charge in [-0.1, -0.05) is 72.4 Å². The van der Waals surface area contributed by atoms with Crippen LogP contribution in [0.5, 0.6) is 0 Å². The average molecular weight is 481 g/mol. The molecule has 0 saturated heterocycles. The first kappa shape index (κ1) is 24.9. The van der Waals surface area contributed by atoms with E-state index in [2.05, 4.69) is 0 Å². The second kappa shape index (κ2) is 10.6. The maximum atomic E-state index is 13.7. The molecule has 12 heteroatoms. The highest BCUT2D eigenvalue weighted by molar-refractivity contribution is 8.56. The van der Waals surface area contributed by atoms with E-state index in [0.717, 1.165) is 52.8 Å². The molecule has 4 amide bonds. The highest BCUT2D eigenvalue weighted by atomic mass is 35.6. The molecule has 0 aliphatic heterocycles. The molecule has 1 fully saturated rings. The number of amides is 4. The summed E-state index contributed by atoms with van der Waals surface area (Å²) in [7, 11) is 2.69. The van der Waals surface area contributed by atoms with E-state index in [1.165, 1.54) is 14.1 Å². The van der Waals surface area contributed by atoms with Crippen molar-refractivity contribution in [2.24, 2.45) is 5.92 Å². The Morgan fingerprint density at radius 3 is 2.15 bits per heavy atom. The van der Waals surface area contributed by atoms with Crippen molar-refractivity contribution in [2.45, 2.75) is 49.2 Å². The average Bonchev–Trinajstić information content (AvgIpc) is 2.63. The standard InChI is InChI=1S/C15H25Cl3N3O4PS/c1-4-10-27-26(25,20(2)12(22)11-8-6-5-7-9-11)21(3)14(24)19-13(23)15(16,17)18/h11H,4-10H2,1-3H3,(H,19,23,24). The number of carbonyl (C=O) groups excluding carboxylic acids is 3. The normalized spacial score (nSPS) is 17.7. The molecule has 0 heterocycles. The smallest absolute Gasteiger partial charge is 0.274 e. The van der Waals surface area contributed by atoms with Crippen LogP contribution in [0.25, 0.3) is 0 Å². The summed E-state index contributed by atoms with van der Waals surface area (Å²) in [6, 6.07) is -0.999. The van der Waals surface area contributed by atoms with Gasteiger partial charge in [-0.25, -0.2) is 4.79 Å². The van der Waals surface area contributed by atoms with Gasteiger partial charge in [-0.3, -0.25) is 28.8 Å². The number of carbonyl (C=O) groups is 3. The van der Waals surface area contributed by atoms with Gasteiger partial charge in [-0.15, -0.1) is 0 Å². The highest BCUT2D eigenvalue weighted by Gasteiger charge is 2.43. The van der Waals surface area contributed by atoms with Crippen molar-refractivity contribution in [1.82, 2.24) is 14.7 Å². The Morgan fingerprint density at radius 2 is 1.67 bits per heavy atom. The lowest BCUT2D eigenvalue weighted by molar-refractivity contribution is -0.130. The van der Waals surface area contributed by atoms with Crippen LogP contribution in [0, 0.1) is 5.92 Å².